The van der Waals surface area contributed by atoms with Gasteiger partial charge in [-0.25, -0.2) is 4.79 Å². The second kappa shape index (κ2) is 11.7. The molecule has 0 saturated carbocycles. The number of pyridine rings is 1. The molecule has 0 N–H and O–H groups in total. The van der Waals surface area contributed by atoms with E-state index in [-0.39, 0.29) is 12.4 Å². The second-order valence-electron chi connectivity index (χ2n) is 8.77. The molecule has 0 aliphatic heterocycles. The van der Waals surface area contributed by atoms with Crippen LogP contribution < -0.4 is 4.74 Å². The number of methoxy groups -OCH3 is 1. The Bertz CT molecular complexity index is 885. The molecule has 0 unspecified atom stereocenters. The summed E-state index contributed by atoms with van der Waals surface area (Å²) in [7, 11) is 1.38. The highest BCUT2D eigenvalue weighted by atomic mass is 16.7. The molecule has 0 radical (unpaired) electrons. The van der Waals surface area contributed by atoms with Crippen molar-refractivity contribution in [2.75, 3.05) is 7.11 Å². The number of carbonyl (C=O) groups excluding carboxylic acids is 2. The fraction of sp³-hybridized carbons (Fsp3) is 0.560. The number of benzene rings is 1. The minimum atomic E-state index is -0.742. The monoisotopic (exact) mass is 429 g/mol. The van der Waals surface area contributed by atoms with Crippen molar-refractivity contribution >= 4 is 23.0 Å². The van der Waals surface area contributed by atoms with E-state index < -0.39 is 11.8 Å². The molecule has 0 spiro atoms. The molecule has 1 aromatic heterocycles. The minimum absolute atomic E-state index is 0.262. The lowest BCUT2D eigenvalue weighted by Crippen LogP contribution is -2.26. The van der Waals surface area contributed by atoms with Gasteiger partial charge in [0.05, 0.1) is 12.6 Å². The number of carbonyl (C=O) groups is 2. The number of nitrogens with zero attached hydrogens (tertiary/aromatic N) is 1. The molecule has 31 heavy (non-hydrogen) atoms. The lowest BCUT2D eigenvalue weighted by molar-refractivity contribution is -0.140. The summed E-state index contributed by atoms with van der Waals surface area (Å²) in [6, 6.07) is 7.59. The maximum Gasteiger partial charge on any atom is 0.514 e. The van der Waals surface area contributed by atoms with Crippen molar-refractivity contribution in [2.24, 2.45) is 0 Å². The van der Waals surface area contributed by atoms with Crippen LogP contribution >= 0.6 is 0 Å². The Morgan fingerprint density at radius 1 is 1.00 bits per heavy atom. The molecule has 1 heterocycles. The topological polar surface area (TPSA) is 74.7 Å². The Morgan fingerprint density at radius 3 is 2.42 bits per heavy atom. The Kier molecular flexibility index (Phi) is 9.28. The Labute approximate surface area is 185 Å². The highest BCUT2D eigenvalue weighted by Crippen LogP contribution is 2.29. The van der Waals surface area contributed by atoms with Crippen molar-refractivity contribution < 1.29 is 23.8 Å². The molecule has 6 nitrogen and oxygen atoms in total. The molecule has 0 fully saturated rings. The zero-order valence-corrected chi connectivity index (χ0v) is 19.5. The molecule has 0 aliphatic carbocycles. The normalized spacial score (nSPS) is 11.4. The Morgan fingerprint density at radius 2 is 1.74 bits per heavy atom. The molecule has 0 atom stereocenters. The van der Waals surface area contributed by atoms with Gasteiger partial charge < -0.3 is 14.2 Å². The largest absolute Gasteiger partial charge is 0.514 e. The molecule has 0 saturated heterocycles. The number of aromatic nitrogens is 1. The van der Waals surface area contributed by atoms with E-state index in [1.165, 1.54) is 26.4 Å². The van der Waals surface area contributed by atoms with Gasteiger partial charge >= 0.3 is 12.1 Å². The zero-order valence-electron chi connectivity index (χ0n) is 19.5. The van der Waals surface area contributed by atoms with Crippen LogP contribution in [-0.4, -0.2) is 29.8 Å². The van der Waals surface area contributed by atoms with Gasteiger partial charge in [-0.1, -0.05) is 38.7 Å². The molecular formula is C25H35NO5. The molecule has 0 amide bonds. The van der Waals surface area contributed by atoms with Gasteiger partial charge in [0.15, 0.2) is 0 Å². The van der Waals surface area contributed by atoms with Crippen molar-refractivity contribution in [3.05, 3.63) is 35.5 Å². The third-order valence-electron chi connectivity index (χ3n) is 4.85. The first kappa shape index (κ1) is 24.6. The number of unbranched alkanes of at least 4 members (excludes halogenated alkanes) is 4. The van der Waals surface area contributed by atoms with Crippen LogP contribution in [0.4, 0.5) is 4.79 Å². The standard InChI is InChI=1S/C25H35NO5/c1-6-7-8-9-10-11-19-17-22(30-24(28)31-25(2,3)4)20-16-18(12-14-21(20)26-19)13-15-23(27)29-5/h12,14,16-17H,6-11,13,15H2,1-5H3. The molecule has 0 bridgehead atoms. The van der Waals surface area contributed by atoms with E-state index >= 15 is 0 Å². The van der Waals surface area contributed by atoms with Gasteiger partial charge in [0.1, 0.15) is 11.4 Å². The maximum atomic E-state index is 12.3. The highest BCUT2D eigenvalue weighted by molar-refractivity contribution is 5.88. The third-order valence-corrected chi connectivity index (χ3v) is 4.85. The molecule has 0 aliphatic rings. The number of esters is 1. The summed E-state index contributed by atoms with van der Waals surface area (Å²) in [5, 5.41) is 0.725. The van der Waals surface area contributed by atoms with E-state index in [2.05, 4.69) is 6.92 Å². The summed E-state index contributed by atoms with van der Waals surface area (Å²) in [6.07, 6.45) is 6.77. The molecule has 170 valence electrons. The van der Waals surface area contributed by atoms with E-state index in [0.717, 1.165) is 41.4 Å². The molecule has 2 rings (SSSR count). The van der Waals surface area contributed by atoms with Gasteiger partial charge in [-0.05, 0) is 57.7 Å². The van der Waals surface area contributed by atoms with Crippen molar-refractivity contribution in [3.8, 4) is 5.75 Å². The lowest BCUT2D eigenvalue weighted by Gasteiger charge is -2.19. The van der Waals surface area contributed by atoms with Crippen LogP contribution in [0.15, 0.2) is 24.3 Å². The minimum Gasteiger partial charge on any atom is -0.469 e. The van der Waals surface area contributed by atoms with Gasteiger partial charge in [0.2, 0.25) is 0 Å². The van der Waals surface area contributed by atoms with E-state index in [0.29, 0.717) is 12.2 Å². The highest BCUT2D eigenvalue weighted by Gasteiger charge is 2.20. The summed E-state index contributed by atoms with van der Waals surface area (Å²) in [6.45, 7) is 7.59. The smallest absolute Gasteiger partial charge is 0.469 e. The van der Waals surface area contributed by atoms with Crippen molar-refractivity contribution in [1.82, 2.24) is 4.98 Å². The first-order chi connectivity index (χ1) is 14.7. The number of ether oxygens (including phenoxy) is 3. The number of hydrogen-bond donors (Lipinski definition) is 0. The van der Waals surface area contributed by atoms with E-state index in [1.807, 2.05) is 24.3 Å². The lowest BCUT2D eigenvalue weighted by atomic mass is 10.0. The zero-order chi connectivity index (χ0) is 22.9. The molecule has 6 heteroatoms. The first-order valence-corrected chi connectivity index (χ1v) is 11.1. The number of fused-ring (bicyclic) bond motifs is 1. The number of aryl methyl sites for hydroxylation is 2. The quantitative estimate of drug-likeness (QED) is 0.332. The van der Waals surface area contributed by atoms with Crippen LogP contribution in [0.1, 0.15) is 77.5 Å². The van der Waals surface area contributed by atoms with E-state index in [1.54, 1.807) is 20.8 Å². The van der Waals surface area contributed by atoms with Crippen molar-refractivity contribution in [1.29, 1.82) is 0 Å². The Hall–Kier alpha value is -2.63. The SMILES string of the molecule is CCCCCCCc1cc(OC(=O)OC(C)(C)C)c2cc(CCC(=O)OC)ccc2n1. The van der Waals surface area contributed by atoms with Gasteiger partial charge in [-0.15, -0.1) is 0 Å². The Balaban J connectivity index is 2.27. The van der Waals surface area contributed by atoms with Gasteiger partial charge in [0, 0.05) is 23.6 Å². The predicted molar refractivity (Wildman–Crippen MR) is 121 cm³/mol. The summed E-state index contributed by atoms with van der Waals surface area (Å²) < 4.78 is 15.7. The van der Waals surface area contributed by atoms with Crippen LogP contribution in [0.5, 0.6) is 5.75 Å². The average molecular weight is 430 g/mol. The molecule has 1 aromatic carbocycles. The fourth-order valence-electron chi connectivity index (χ4n) is 3.28. The maximum absolute atomic E-state index is 12.3. The summed E-state index contributed by atoms with van der Waals surface area (Å²) in [5.41, 5.74) is 1.95. The summed E-state index contributed by atoms with van der Waals surface area (Å²) in [5.74, 6) is 0.171. The molecule has 2 aromatic rings. The summed E-state index contributed by atoms with van der Waals surface area (Å²) >= 11 is 0. The van der Waals surface area contributed by atoms with Crippen molar-refractivity contribution in [3.63, 3.8) is 0 Å². The van der Waals surface area contributed by atoms with Gasteiger partial charge in [0.25, 0.3) is 0 Å². The van der Waals surface area contributed by atoms with Crippen LogP contribution in [-0.2, 0) is 27.1 Å². The molecular weight excluding hydrogens is 394 g/mol. The predicted octanol–water partition coefficient (Wildman–Crippen LogP) is 6.17. The van der Waals surface area contributed by atoms with Crippen LogP contribution in [0.25, 0.3) is 10.9 Å². The van der Waals surface area contributed by atoms with Gasteiger partial charge in [-0.3, -0.25) is 9.78 Å². The third kappa shape index (κ3) is 8.56. The van der Waals surface area contributed by atoms with Crippen LogP contribution in [0.3, 0.4) is 0 Å². The second-order valence-corrected chi connectivity index (χ2v) is 8.77. The number of hydrogen-bond acceptors (Lipinski definition) is 6. The van der Waals surface area contributed by atoms with Crippen LogP contribution in [0, 0.1) is 0 Å². The first-order valence-electron chi connectivity index (χ1n) is 11.1. The summed E-state index contributed by atoms with van der Waals surface area (Å²) in [4.78, 5) is 28.6. The fourth-order valence-corrected chi connectivity index (χ4v) is 3.28. The van der Waals surface area contributed by atoms with Crippen molar-refractivity contribution in [2.45, 2.75) is 84.7 Å². The van der Waals surface area contributed by atoms with E-state index in [9.17, 15) is 9.59 Å². The number of rotatable bonds is 10. The van der Waals surface area contributed by atoms with E-state index in [4.69, 9.17) is 19.2 Å². The van der Waals surface area contributed by atoms with Gasteiger partial charge in [-0.2, -0.15) is 0 Å². The average Bonchev–Trinajstić information content (AvgIpc) is 2.70. The van der Waals surface area contributed by atoms with Crippen LogP contribution in [0.2, 0.25) is 0 Å².